The van der Waals surface area contributed by atoms with E-state index < -0.39 is 0 Å². The third-order valence-corrected chi connectivity index (χ3v) is 5.12. The molecule has 0 bridgehead atoms. The highest BCUT2D eigenvalue weighted by molar-refractivity contribution is 7.99. The molecule has 22 heavy (non-hydrogen) atoms. The molecule has 0 spiro atoms. The lowest BCUT2D eigenvalue weighted by atomic mass is 10.3. The third-order valence-electron chi connectivity index (χ3n) is 3.61. The largest absolute Gasteiger partial charge is 0.356 e. The number of thioether (sulfide) groups is 1. The van der Waals surface area contributed by atoms with Crippen molar-refractivity contribution in [3.63, 3.8) is 0 Å². The molecule has 1 saturated heterocycles. The number of rotatable bonds is 8. The number of hydrogen-bond donors (Lipinski definition) is 2. The summed E-state index contributed by atoms with van der Waals surface area (Å²) in [6.07, 6.45) is 1.55. The van der Waals surface area contributed by atoms with Gasteiger partial charge in [0.25, 0.3) is 0 Å². The van der Waals surface area contributed by atoms with Crippen molar-refractivity contribution in [2.75, 3.05) is 45.0 Å². The molecule has 0 aromatic heterocycles. The normalized spacial score (nSPS) is 15.7. The molecule has 1 aliphatic heterocycles. The number of halogens is 1. The van der Waals surface area contributed by atoms with Gasteiger partial charge in [0, 0.05) is 49.8 Å². The molecule has 122 valence electrons. The standard InChI is InChI=1S/C16H24ClN3OS/c17-14-4-1-2-5-15(14)22-13-6-16(21)19-7-3-10-20-11-8-18-9-12-20/h1-2,4-5,18H,3,6-13H2,(H,19,21). The molecule has 4 nitrogen and oxygen atoms in total. The van der Waals surface area contributed by atoms with Gasteiger partial charge in [0.05, 0.1) is 5.02 Å². The van der Waals surface area contributed by atoms with Crippen LogP contribution < -0.4 is 10.6 Å². The van der Waals surface area contributed by atoms with Crippen molar-refractivity contribution < 1.29 is 4.79 Å². The van der Waals surface area contributed by atoms with Crippen molar-refractivity contribution in [1.29, 1.82) is 0 Å². The van der Waals surface area contributed by atoms with E-state index in [0.717, 1.165) is 61.4 Å². The van der Waals surface area contributed by atoms with Crippen LogP contribution in [-0.2, 0) is 4.79 Å². The molecular weight excluding hydrogens is 318 g/mol. The van der Waals surface area contributed by atoms with E-state index in [1.807, 2.05) is 24.3 Å². The number of benzene rings is 1. The maximum Gasteiger partial charge on any atom is 0.220 e. The molecule has 0 aliphatic carbocycles. The quantitative estimate of drug-likeness (QED) is 0.562. The fourth-order valence-corrected chi connectivity index (χ4v) is 3.56. The third kappa shape index (κ3) is 6.57. The van der Waals surface area contributed by atoms with Gasteiger partial charge < -0.3 is 15.5 Å². The van der Waals surface area contributed by atoms with Crippen molar-refractivity contribution in [2.24, 2.45) is 0 Å². The van der Waals surface area contributed by atoms with E-state index >= 15 is 0 Å². The Kier molecular flexibility index (Phi) is 8.08. The first-order valence-corrected chi connectivity index (χ1v) is 9.19. The summed E-state index contributed by atoms with van der Waals surface area (Å²) in [5, 5.41) is 7.09. The van der Waals surface area contributed by atoms with E-state index in [-0.39, 0.29) is 5.91 Å². The fourth-order valence-electron chi connectivity index (χ4n) is 2.37. The minimum Gasteiger partial charge on any atom is -0.356 e. The average Bonchev–Trinajstić information content (AvgIpc) is 2.54. The Bertz CT molecular complexity index is 466. The van der Waals surface area contributed by atoms with Crippen LogP contribution in [0.3, 0.4) is 0 Å². The Labute approximate surface area is 142 Å². The van der Waals surface area contributed by atoms with Crippen LogP contribution in [0.25, 0.3) is 0 Å². The van der Waals surface area contributed by atoms with Crippen LogP contribution in [0, 0.1) is 0 Å². The zero-order chi connectivity index (χ0) is 15.6. The Morgan fingerprint density at radius 3 is 2.86 bits per heavy atom. The molecule has 0 radical (unpaired) electrons. The monoisotopic (exact) mass is 341 g/mol. The van der Waals surface area contributed by atoms with E-state index in [1.54, 1.807) is 11.8 Å². The summed E-state index contributed by atoms with van der Waals surface area (Å²) in [6, 6.07) is 7.74. The van der Waals surface area contributed by atoms with Gasteiger partial charge in [-0.25, -0.2) is 0 Å². The van der Waals surface area contributed by atoms with Crippen LogP contribution in [0.15, 0.2) is 29.2 Å². The Balaban J connectivity index is 1.51. The first-order valence-electron chi connectivity index (χ1n) is 7.83. The van der Waals surface area contributed by atoms with Gasteiger partial charge in [-0.2, -0.15) is 0 Å². The highest BCUT2D eigenvalue weighted by atomic mass is 35.5. The lowest BCUT2D eigenvalue weighted by molar-refractivity contribution is -0.120. The van der Waals surface area contributed by atoms with E-state index in [4.69, 9.17) is 11.6 Å². The van der Waals surface area contributed by atoms with Crippen LogP contribution in [0.5, 0.6) is 0 Å². The second-order valence-electron chi connectivity index (χ2n) is 5.32. The number of piperazine rings is 1. The molecule has 1 aliphatic rings. The smallest absolute Gasteiger partial charge is 0.220 e. The Morgan fingerprint density at radius 1 is 1.32 bits per heavy atom. The molecule has 6 heteroatoms. The summed E-state index contributed by atoms with van der Waals surface area (Å²) in [4.78, 5) is 15.3. The maximum absolute atomic E-state index is 11.8. The van der Waals surface area contributed by atoms with Crippen LogP contribution >= 0.6 is 23.4 Å². The molecule has 1 amide bonds. The van der Waals surface area contributed by atoms with Gasteiger partial charge in [-0.05, 0) is 25.1 Å². The minimum atomic E-state index is 0.125. The molecular formula is C16H24ClN3OS. The summed E-state index contributed by atoms with van der Waals surface area (Å²) in [7, 11) is 0. The number of amides is 1. The molecule has 1 heterocycles. The van der Waals surface area contributed by atoms with Gasteiger partial charge in [-0.1, -0.05) is 23.7 Å². The van der Waals surface area contributed by atoms with Crippen LogP contribution in [-0.4, -0.2) is 55.8 Å². The van der Waals surface area contributed by atoms with Gasteiger partial charge in [0.1, 0.15) is 0 Å². The summed E-state index contributed by atoms with van der Waals surface area (Å²) in [5.74, 6) is 0.882. The Hall–Kier alpha value is -0.750. The van der Waals surface area contributed by atoms with E-state index in [1.165, 1.54) is 0 Å². The Morgan fingerprint density at radius 2 is 2.09 bits per heavy atom. The first-order chi connectivity index (χ1) is 10.8. The van der Waals surface area contributed by atoms with Crippen LogP contribution in [0.1, 0.15) is 12.8 Å². The second-order valence-corrected chi connectivity index (χ2v) is 6.87. The second kappa shape index (κ2) is 10.1. The number of carbonyl (C=O) groups is 1. The van der Waals surface area contributed by atoms with Crippen LogP contribution in [0.4, 0.5) is 0 Å². The minimum absolute atomic E-state index is 0.125. The SMILES string of the molecule is O=C(CCSc1ccccc1Cl)NCCCN1CCNCC1. The summed E-state index contributed by atoms with van der Waals surface area (Å²) >= 11 is 7.71. The number of nitrogens with zero attached hydrogens (tertiary/aromatic N) is 1. The van der Waals surface area contributed by atoms with Gasteiger partial charge >= 0.3 is 0 Å². The zero-order valence-corrected chi connectivity index (χ0v) is 14.4. The van der Waals surface area contributed by atoms with Crippen molar-refractivity contribution in [1.82, 2.24) is 15.5 Å². The predicted molar refractivity (Wildman–Crippen MR) is 93.7 cm³/mol. The molecule has 1 aromatic rings. The fraction of sp³-hybridized carbons (Fsp3) is 0.562. The average molecular weight is 342 g/mol. The molecule has 1 aromatic carbocycles. The highest BCUT2D eigenvalue weighted by Gasteiger charge is 2.09. The molecule has 0 unspecified atom stereocenters. The summed E-state index contributed by atoms with van der Waals surface area (Å²) in [6.45, 7) is 6.21. The van der Waals surface area contributed by atoms with E-state index in [9.17, 15) is 4.79 Å². The number of hydrogen-bond acceptors (Lipinski definition) is 4. The number of nitrogens with one attached hydrogen (secondary N) is 2. The highest BCUT2D eigenvalue weighted by Crippen LogP contribution is 2.26. The zero-order valence-electron chi connectivity index (χ0n) is 12.8. The predicted octanol–water partition coefficient (Wildman–Crippen LogP) is 2.23. The number of carbonyl (C=O) groups excluding carboxylic acids is 1. The molecule has 0 saturated carbocycles. The van der Waals surface area contributed by atoms with Crippen LogP contribution in [0.2, 0.25) is 5.02 Å². The van der Waals surface area contributed by atoms with Crippen molar-refractivity contribution in [2.45, 2.75) is 17.7 Å². The summed E-state index contributed by atoms with van der Waals surface area (Å²) < 4.78 is 0. The van der Waals surface area contributed by atoms with Gasteiger partial charge in [-0.15, -0.1) is 11.8 Å². The molecule has 2 N–H and O–H groups in total. The van der Waals surface area contributed by atoms with E-state index in [0.29, 0.717) is 6.42 Å². The van der Waals surface area contributed by atoms with Crippen molar-refractivity contribution >= 4 is 29.3 Å². The van der Waals surface area contributed by atoms with Crippen molar-refractivity contribution in [3.8, 4) is 0 Å². The molecule has 0 atom stereocenters. The van der Waals surface area contributed by atoms with Gasteiger partial charge in [-0.3, -0.25) is 4.79 Å². The molecule has 2 rings (SSSR count). The van der Waals surface area contributed by atoms with Gasteiger partial charge in [0.15, 0.2) is 0 Å². The first kappa shape index (κ1) is 17.6. The maximum atomic E-state index is 11.8. The lowest BCUT2D eigenvalue weighted by Crippen LogP contribution is -2.44. The van der Waals surface area contributed by atoms with Crippen molar-refractivity contribution in [3.05, 3.63) is 29.3 Å². The van der Waals surface area contributed by atoms with E-state index in [2.05, 4.69) is 15.5 Å². The topological polar surface area (TPSA) is 44.4 Å². The lowest BCUT2D eigenvalue weighted by Gasteiger charge is -2.27. The van der Waals surface area contributed by atoms with Gasteiger partial charge in [0.2, 0.25) is 5.91 Å². The molecule has 1 fully saturated rings. The summed E-state index contributed by atoms with van der Waals surface area (Å²) in [5.41, 5.74) is 0.